The molecule has 0 aliphatic carbocycles. The van der Waals surface area contributed by atoms with E-state index >= 15 is 0 Å². The molecule has 18 heavy (non-hydrogen) atoms. The minimum atomic E-state index is -2.84. The van der Waals surface area contributed by atoms with Crippen molar-refractivity contribution in [2.45, 2.75) is 18.4 Å². The standard InChI is InChI=1S/C11H24N4O2S/c1-14-4-6-15(7-5-14)13-11(10-12)2-8-18(16,17)9-3-11/h13H,2-10,12H2,1H3. The Bertz CT molecular complexity index is 363. The van der Waals surface area contributed by atoms with E-state index in [1.165, 1.54) is 0 Å². The highest BCUT2D eigenvalue weighted by molar-refractivity contribution is 7.91. The third-order valence-corrected chi connectivity index (χ3v) is 5.72. The summed E-state index contributed by atoms with van der Waals surface area (Å²) in [7, 11) is -0.721. The maximum atomic E-state index is 11.5. The number of nitrogens with one attached hydrogen (secondary N) is 1. The van der Waals surface area contributed by atoms with Crippen LogP contribution in [0, 0.1) is 0 Å². The summed E-state index contributed by atoms with van der Waals surface area (Å²) in [5.41, 5.74) is 9.15. The molecule has 2 aliphatic rings. The van der Waals surface area contributed by atoms with Gasteiger partial charge in [-0.3, -0.25) is 0 Å². The Balaban J connectivity index is 1.93. The van der Waals surface area contributed by atoms with Crippen LogP contribution in [0.3, 0.4) is 0 Å². The van der Waals surface area contributed by atoms with Gasteiger partial charge < -0.3 is 10.6 Å². The van der Waals surface area contributed by atoms with Gasteiger partial charge in [-0.1, -0.05) is 0 Å². The molecule has 2 aliphatic heterocycles. The minimum absolute atomic E-state index is 0.221. The Kier molecular flexibility index (Phi) is 4.28. The molecule has 0 atom stereocenters. The maximum absolute atomic E-state index is 11.5. The van der Waals surface area contributed by atoms with E-state index in [1.54, 1.807) is 0 Å². The lowest BCUT2D eigenvalue weighted by atomic mass is 9.93. The molecule has 0 aromatic heterocycles. The maximum Gasteiger partial charge on any atom is 0.150 e. The Hall–Kier alpha value is -0.210. The first-order chi connectivity index (χ1) is 8.45. The first kappa shape index (κ1) is 14.2. The zero-order valence-corrected chi connectivity index (χ0v) is 11.9. The monoisotopic (exact) mass is 276 g/mol. The molecule has 7 heteroatoms. The van der Waals surface area contributed by atoms with Crippen LogP contribution in [-0.2, 0) is 9.84 Å². The zero-order chi connectivity index (χ0) is 13.2. The number of hydrazine groups is 1. The fourth-order valence-corrected chi connectivity index (χ4v) is 4.15. The highest BCUT2D eigenvalue weighted by Gasteiger charge is 2.37. The second-order valence-corrected chi connectivity index (χ2v) is 7.84. The molecule has 0 amide bonds. The van der Waals surface area contributed by atoms with Crippen LogP contribution in [0.15, 0.2) is 0 Å². The van der Waals surface area contributed by atoms with Crippen LogP contribution in [0.2, 0.25) is 0 Å². The summed E-state index contributed by atoms with van der Waals surface area (Å²) in [6.45, 7) is 4.49. The largest absolute Gasteiger partial charge is 0.329 e. The van der Waals surface area contributed by atoms with Crippen LogP contribution in [-0.4, -0.2) is 75.1 Å². The van der Waals surface area contributed by atoms with Crippen molar-refractivity contribution < 1.29 is 8.42 Å². The van der Waals surface area contributed by atoms with Gasteiger partial charge in [0.15, 0.2) is 0 Å². The highest BCUT2D eigenvalue weighted by atomic mass is 32.2. The van der Waals surface area contributed by atoms with Crippen molar-refractivity contribution in [2.24, 2.45) is 5.73 Å². The molecule has 0 radical (unpaired) electrons. The summed E-state index contributed by atoms with van der Waals surface area (Å²) in [6, 6.07) is 0. The van der Waals surface area contributed by atoms with Crippen LogP contribution >= 0.6 is 0 Å². The fourth-order valence-electron chi connectivity index (χ4n) is 2.54. The van der Waals surface area contributed by atoms with Crippen molar-refractivity contribution in [1.82, 2.24) is 15.3 Å². The number of piperazine rings is 1. The smallest absolute Gasteiger partial charge is 0.150 e. The van der Waals surface area contributed by atoms with Gasteiger partial charge in [0.05, 0.1) is 11.5 Å². The topological polar surface area (TPSA) is 78.7 Å². The van der Waals surface area contributed by atoms with Gasteiger partial charge in [0.1, 0.15) is 9.84 Å². The normalized spacial score (nSPS) is 29.2. The number of rotatable bonds is 3. The van der Waals surface area contributed by atoms with E-state index in [4.69, 9.17) is 5.73 Å². The number of nitrogens with two attached hydrogens (primary N) is 1. The molecule has 6 nitrogen and oxygen atoms in total. The minimum Gasteiger partial charge on any atom is -0.329 e. The molecule has 2 rings (SSSR count). The Labute approximate surface area is 109 Å². The van der Waals surface area contributed by atoms with Crippen molar-refractivity contribution >= 4 is 9.84 Å². The van der Waals surface area contributed by atoms with Gasteiger partial charge in [-0.15, -0.1) is 0 Å². The molecular formula is C11H24N4O2S. The number of nitrogens with zero attached hydrogens (tertiary/aromatic N) is 2. The average molecular weight is 276 g/mol. The second kappa shape index (κ2) is 5.42. The summed E-state index contributed by atoms with van der Waals surface area (Å²) in [6.07, 6.45) is 1.25. The summed E-state index contributed by atoms with van der Waals surface area (Å²) < 4.78 is 23.0. The Morgan fingerprint density at radius 1 is 1.17 bits per heavy atom. The van der Waals surface area contributed by atoms with E-state index in [0.717, 1.165) is 26.2 Å². The molecule has 0 bridgehead atoms. The molecule has 0 unspecified atom stereocenters. The molecule has 0 aromatic carbocycles. The number of hydrogen-bond donors (Lipinski definition) is 2. The van der Waals surface area contributed by atoms with Crippen LogP contribution in [0.4, 0.5) is 0 Å². The molecule has 2 heterocycles. The lowest BCUT2D eigenvalue weighted by molar-refractivity contribution is 0.0505. The fraction of sp³-hybridized carbons (Fsp3) is 1.00. The van der Waals surface area contributed by atoms with Gasteiger partial charge in [0.2, 0.25) is 0 Å². The van der Waals surface area contributed by atoms with Gasteiger partial charge in [-0.05, 0) is 19.9 Å². The van der Waals surface area contributed by atoms with Gasteiger partial charge >= 0.3 is 0 Å². The summed E-state index contributed by atoms with van der Waals surface area (Å²) in [4.78, 5) is 2.29. The third-order valence-electron chi connectivity index (χ3n) is 4.07. The predicted octanol–water partition coefficient (Wildman–Crippen LogP) is -1.36. The molecule has 0 saturated carbocycles. The SMILES string of the molecule is CN1CCN(NC2(CN)CCS(=O)(=O)CC2)CC1. The molecule has 0 aromatic rings. The van der Waals surface area contributed by atoms with E-state index in [-0.39, 0.29) is 17.0 Å². The van der Waals surface area contributed by atoms with Gasteiger partial charge in [-0.2, -0.15) is 0 Å². The first-order valence-corrected chi connectivity index (χ1v) is 8.39. The summed E-state index contributed by atoms with van der Waals surface area (Å²) in [5, 5.41) is 2.20. The number of hydrogen-bond acceptors (Lipinski definition) is 6. The van der Waals surface area contributed by atoms with Crippen molar-refractivity contribution in [3.05, 3.63) is 0 Å². The predicted molar refractivity (Wildman–Crippen MR) is 71.9 cm³/mol. The van der Waals surface area contributed by atoms with E-state index in [1.807, 2.05) is 0 Å². The lowest BCUT2D eigenvalue weighted by Gasteiger charge is -2.43. The van der Waals surface area contributed by atoms with Gasteiger partial charge in [0.25, 0.3) is 0 Å². The summed E-state index contributed by atoms with van der Waals surface area (Å²) >= 11 is 0. The Morgan fingerprint density at radius 2 is 1.72 bits per heavy atom. The number of likely N-dealkylation sites (N-methyl/N-ethyl adjacent to an activating group) is 1. The quantitative estimate of drug-likeness (QED) is 0.663. The summed E-state index contributed by atoms with van der Waals surface area (Å²) in [5.74, 6) is 0.510. The molecule has 0 spiro atoms. The van der Waals surface area contributed by atoms with E-state index in [2.05, 4.69) is 22.4 Å². The molecule has 106 valence electrons. The Morgan fingerprint density at radius 3 is 2.22 bits per heavy atom. The van der Waals surface area contributed by atoms with Crippen LogP contribution in [0.1, 0.15) is 12.8 Å². The second-order valence-electron chi connectivity index (χ2n) is 5.54. The van der Waals surface area contributed by atoms with Crippen LogP contribution in [0.5, 0.6) is 0 Å². The van der Waals surface area contributed by atoms with E-state index < -0.39 is 9.84 Å². The lowest BCUT2D eigenvalue weighted by Crippen LogP contribution is -2.64. The molecule has 2 saturated heterocycles. The van der Waals surface area contributed by atoms with Crippen molar-refractivity contribution in [3.8, 4) is 0 Å². The molecule has 2 fully saturated rings. The molecule has 3 N–H and O–H groups in total. The van der Waals surface area contributed by atoms with Crippen molar-refractivity contribution in [1.29, 1.82) is 0 Å². The number of sulfone groups is 1. The highest BCUT2D eigenvalue weighted by Crippen LogP contribution is 2.23. The van der Waals surface area contributed by atoms with Crippen LogP contribution in [0.25, 0.3) is 0 Å². The zero-order valence-electron chi connectivity index (χ0n) is 11.1. The molecular weight excluding hydrogens is 252 g/mol. The van der Waals surface area contributed by atoms with Gasteiger partial charge in [-0.25, -0.2) is 18.9 Å². The first-order valence-electron chi connectivity index (χ1n) is 6.57. The van der Waals surface area contributed by atoms with Gasteiger partial charge in [0, 0.05) is 38.3 Å². The van der Waals surface area contributed by atoms with Crippen LogP contribution < -0.4 is 11.2 Å². The van der Waals surface area contributed by atoms with Crippen molar-refractivity contribution in [3.63, 3.8) is 0 Å². The third kappa shape index (κ3) is 3.42. The van der Waals surface area contributed by atoms with E-state index in [0.29, 0.717) is 19.4 Å². The average Bonchev–Trinajstić information content (AvgIpc) is 2.35. The van der Waals surface area contributed by atoms with Crippen molar-refractivity contribution in [2.75, 3.05) is 51.3 Å². The van der Waals surface area contributed by atoms with E-state index in [9.17, 15) is 8.42 Å².